The third-order valence-electron chi connectivity index (χ3n) is 0.781. The van der Waals surface area contributed by atoms with Crippen LogP contribution in [0.4, 0.5) is 26.3 Å². The molecule has 19 heavy (non-hydrogen) atoms. The summed E-state index contributed by atoms with van der Waals surface area (Å²) in [5, 5.41) is 4.58. The van der Waals surface area contributed by atoms with Crippen LogP contribution in [0.2, 0.25) is 0 Å². The minimum Gasteiger partial charge on any atom is -0.421 e. The highest BCUT2D eigenvalue weighted by Crippen LogP contribution is 2.36. The fourth-order valence-electron chi connectivity index (χ4n) is 0.214. The number of hydrogen-bond donors (Lipinski definition) is 3. The molecule has 0 unspecified atom stereocenters. The van der Waals surface area contributed by atoms with Gasteiger partial charge < -0.3 is 4.13 Å². The van der Waals surface area contributed by atoms with Crippen molar-refractivity contribution >= 4 is 26.0 Å². The molecule has 0 saturated heterocycles. The van der Waals surface area contributed by atoms with Gasteiger partial charge in [0.15, 0.2) is 20.0 Å². The van der Waals surface area contributed by atoms with Gasteiger partial charge in [-0.15, -0.1) is 0 Å². The molecule has 0 fully saturated rings. The maximum Gasteiger partial charge on any atom is 0.480 e. The molecular formula is C3H6F6N4O4S2. The highest BCUT2D eigenvalue weighted by Gasteiger charge is 2.46. The topological polar surface area (TPSA) is 160 Å². The van der Waals surface area contributed by atoms with Crippen molar-refractivity contribution in [3.05, 3.63) is 4.13 Å². The van der Waals surface area contributed by atoms with Gasteiger partial charge in [0.2, 0.25) is 0 Å². The van der Waals surface area contributed by atoms with E-state index in [4.69, 9.17) is 0 Å². The van der Waals surface area contributed by atoms with Gasteiger partial charge in [-0.2, -0.15) is 26.3 Å². The molecule has 0 aliphatic rings. The van der Waals surface area contributed by atoms with Crippen LogP contribution in [0.3, 0.4) is 0 Å². The van der Waals surface area contributed by atoms with Gasteiger partial charge in [-0.1, -0.05) is 0 Å². The molecule has 6 N–H and O–H groups in total. The van der Waals surface area contributed by atoms with E-state index in [2.05, 4.69) is 16.9 Å². The van der Waals surface area contributed by atoms with Crippen molar-refractivity contribution in [2.24, 2.45) is 11.5 Å². The normalized spacial score (nSPS) is 13.4. The lowest BCUT2D eigenvalue weighted by molar-refractivity contribution is -0.116. The average Bonchev–Trinajstić information content (AvgIpc) is 1.94. The maximum absolute atomic E-state index is 11.4. The number of nitrogens with zero attached hydrogens (tertiary/aromatic N) is 1. The molecule has 0 heterocycles. The van der Waals surface area contributed by atoms with Crippen molar-refractivity contribution in [1.82, 2.24) is 0 Å². The molecular weight excluding hydrogens is 334 g/mol. The van der Waals surface area contributed by atoms with Gasteiger partial charge in [0, 0.05) is 0 Å². The number of hydrogen-bond acceptors (Lipinski definition) is 4. The summed E-state index contributed by atoms with van der Waals surface area (Å²) in [5.41, 5.74) is -3.24. The van der Waals surface area contributed by atoms with Crippen LogP contribution in [0.25, 0.3) is 4.13 Å². The summed E-state index contributed by atoms with van der Waals surface area (Å²) < 4.78 is 109. The van der Waals surface area contributed by atoms with Crippen molar-refractivity contribution < 1.29 is 48.6 Å². The molecule has 0 rings (SSSR count). The van der Waals surface area contributed by atoms with E-state index in [1.807, 2.05) is 0 Å². The molecule has 8 nitrogen and oxygen atoms in total. The van der Waals surface area contributed by atoms with Crippen molar-refractivity contribution in [2.45, 2.75) is 11.0 Å². The first-order valence-corrected chi connectivity index (χ1v) is 6.32. The van der Waals surface area contributed by atoms with E-state index in [1.165, 1.54) is 0 Å². The van der Waals surface area contributed by atoms with Crippen molar-refractivity contribution in [2.75, 3.05) is 0 Å². The Bertz CT molecular complexity index is 472. The Hall–Kier alpha value is -1.29. The SMILES string of the molecule is NC(N)=[NH2+].O=S(=O)([N-]S(=O)(=O)C(F)(F)F)C(F)(F)F. The summed E-state index contributed by atoms with van der Waals surface area (Å²) in [4.78, 5) is 0. The Kier molecular flexibility index (Phi) is 6.10. The molecule has 0 bridgehead atoms. The largest absolute Gasteiger partial charge is 0.480 e. The van der Waals surface area contributed by atoms with E-state index in [1.54, 1.807) is 0 Å². The fourth-order valence-corrected chi connectivity index (χ4v) is 1.92. The van der Waals surface area contributed by atoms with E-state index in [0.717, 1.165) is 4.13 Å². The third-order valence-corrected chi connectivity index (χ3v) is 3.52. The van der Waals surface area contributed by atoms with Crippen molar-refractivity contribution in [3.63, 3.8) is 0 Å². The molecule has 0 spiro atoms. The highest BCUT2D eigenvalue weighted by molar-refractivity contribution is 8.13. The van der Waals surface area contributed by atoms with Crippen LogP contribution in [0, 0.1) is 0 Å². The standard InChI is InChI=1S/C2F6NO4S2.CH5N3/c3-1(4,5)14(10,11)9-15(12,13)2(6,7)8;2-1(3)4/h;(H5,2,3,4)/q-1;/p+1. The molecule has 0 amide bonds. The van der Waals surface area contributed by atoms with Crippen LogP contribution in [0.15, 0.2) is 0 Å². The number of halogens is 6. The zero-order chi connectivity index (χ0) is 16.3. The molecule has 0 aromatic heterocycles. The minimum absolute atomic E-state index is 0.0833. The molecule has 0 aromatic carbocycles. The monoisotopic (exact) mass is 340 g/mol. The molecule has 16 heteroatoms. The van der Waals surface area contributed by atoms with Gasteiger partial charge in [-0.3, -0.25) is 16.9 Å². The molecule has 0 aromatic rings. The molecule has 116 valence electrons. The number of alkyl halides is 6. The van der Waals surface area contributed by atoms with E-state index < -0.39 is 31.1 Å². The summed E-state index contributed by atoms with van der Waals surface area (Å²) >= 11 is 0. The summed E-state index contributed by atoms with van der Waals surface area (Å²) in [6.07, 6.45) is 0. The van der Waals surface area contributed by atoms with Crippen molar-refractivity contribution in [3.8, 4) is 0 Å². The van der Waals surface area contributed by atoms with Gasteiger partial charge in [0.25, 0.3) is 0 Å². The molecule has 0 aliphatic heterocycles. The number of guanidine groups is 1. The molecule has 0 atom stereocenters. The molecule has 0 radical (unpaired) electrons. The third kappa shape index (κ3) is 7.01. The van der Waals surface area contributed by atoms with Gasteiger partial charge >= 0.3 is 17.0 Å². The minimum atomic E-state index is -6.72. The lowest BCUT2D eigenvalue weighted by atomic mass is 11.1. The second kappa shape index (κ2) is 5.78. The van der Waals surface area contributed by atoms with Crippen LogP contribution in [0.5, 0.6) is 0 Å². The quantitative estimate of drug-likeness (QED) is 0.302. The van der Waals surface area contributed by atoms with Crippen LogP contribution in [0.1, 0.15) is 0 Å². The maximum atomic E-state index is 11.4. The summed E-state index contributed by atoms with van der Waals surface area (Å²) in [6, 6.07) is 0. The van der Waals surface area contributed by atoms with Crippen LogP contribution < -0.4 is 16.9 Å². The summed E-state index contributed by atoms with van der Waals surface area (Å²) in [6.45, 7) is 0. The Morgan fingerprint density at radius 1 is 0.842 bits per heavy atom. The Balaban J connectivity index is 0. The van der Waals surface area contributed by atoms with E-state index in [-0.39, 0.29) is 5.96 Å². The Labute approximate surface area is 102 Å². The lowest BCUT2D eigenvalue weighted by Crippen LogP contribution is -2.51. The number of nitrogens with two attached hydrogens (primary N) is 3. The van der Waals surface area contributed by atoms with Crippen LogP contribution >= 0.6 is 0 Å². The lowest BCUT2D eigenvalue weighted by Gasteiger charge is -2.22. The van der Waals surface area contributed by atoms with E-state index in [0.29, 0.717) is 0 Å². The number of rotatable bonds is 2. The second-order valence-corrected chi connectivity index (χ2v) is 5.84. The Morgan fingerprint density at radius 2 is 1.00 bits per heavy atom. The highest BCUT2D eigenvalue weighted by atomic mass is 32.3. The van der Waals surface area contributed by atoms with Crippen LogP contribution in [-0.2, 0) is 20.0 Å². The fraction of sp³-hybridized carbons (Fsp3) is 0.667. The van der Waals surface area contributed by atoms with Gasteiger partial charge in [0.1, 0.15) is 0 Å². The van der Waals surface area contributed by atoms with Gasteiger partial charge in [-0.25, -0.2) is 16.8 Å². The number of sulfonamides is 2. The zero-order valence-corrected chi connectivity index (χ0v) is 10.0. The first kappa shape index (κ1) is 20.0. The summed E-state index contributed by atoms with van der Waals surface area (Å²) in [5.74, 6) is -0.0833. The van der Waals surface area contributed by atoms with Crippen molar-refractivity contribution in [1.29, 1.82) is 0 Å². The summed E-state index contributed by atoms with van der Waals surface area (Å²) in [7, 11) is -13.4. The predicted molar refractivity (Wildman–Crippen MR) is 48.6 cm³/mol. The first-order chi connectivity index (χ1) is 7.94. The molecule has 0 aliphatic carbocycles. The van der Waals surface area contributed by atoms with E-state index in [9.17, 15) is 43.2 Å². The second-order valence-electron chi connectivity index (χ2n) is 2.42. The predicted octanol–water partition coefficient (Wildman–Crippen LogP) is -1.92. The Morgan fingerprint density at radius 3 is 1.11 bits per heavy atom. The van der Waals surface area contributed by atoms with Crippen LogP contribution in [-0.4, -0.2) is 33.8 Å². The van der Waals surface area contributed by atoms with E-state index >= 15 is 0 Å². The first-order valence-electron chi connectivity index (χ1n) is 3.44. The smallest absolute Gasteiger partial charge is 0.421 e. The molecule has 0 saturated carbocycles. The van der Waals surface area contributed by atoms with Gasteiger partial charge in [-0.05, 0) is 0 Å². The van der Waals surface area contributed by atoms with Gasteiger partial charge in [0.05, 0.1) is 0 Å². The zero-order valence-electron chi connectivity index (χ0n) is 8.40. The average molecular weight is 340 g/mol.